The summed E-state index contributed by atoms with van der Waals surface area (Å²) in [6.07, 6.45) is 2.05. The summed E-state index contributed by atoms with van der Waals surface area (Å²) in [5.41, 5.74) is 3.46. The third kappa shape index (κ3) is 5.40. The molecule has 6 nitrogen and oxygen atoms in total. The number of hydrogen-bond acceptors (Lipinski definition) is 4. The van der Waals surface area contributed by atoms with Gasteiger partial charge in [0.2, 0.25) is 0 Å². The first-order valence-electron chi connectivity index (χ1n) is 11.1. The molecule has 184 valence electrons. The van der Waals surface area contributed by atoms with Crippen LogP contribution in [0.2, 0.25) is 5.02 Å². The van der Waals surface area contributed by atoms with Gasteiger partial charge in [0.05, 0.1) is 12.3 Å². The van der Waals surface area contributed by atoms with Crippen molar-refractivity contribution < 1.29 is 19.1 Å². The fourth-order valence-corrected chi connectivity index (χ4v) is 4.98. The average Bonchev–Trinajstić information content (AvgIpc) is 2.82. The Bertz CT molecular complexity index is 1420. The minimum absolute atomic E-state index is 0.181. The zero-order valence-electron chi connectivity index (χ0n) is 19.4. The lowest BCUT2D eigenvalue weighted by molar-refractivity contribution is -0.122. The lowest BCUT2D eigenvalue weighted by Gasteiger charge is -2.26. The quantitative estimate of drug-likeness (QED) is 0.239. The van der Waals surface area contributed by atoms with Crippen LogP contribution in [0.5, 0.6) is 5.75 Å². The maximum atomic E-state index is 13.3. The molecular weight excluding hydrogens is 612 g/mol. The van der Waals surface area contributed by atoms with Crippen LogP contribution in [-0.4, -0.2) is 24.5 Å². The van der Waals surface area contributed by atoms with E-state index in [0.29, 0.717) is 29.4 Å². The molecule has 3 aromatic rings. The van der Waals surface area contributed by atoms with Gasteiger partial charge in [0.25, 0.3) is 11.8 Å². The topological polar surface area (TPSA) is 75.7 Å². The maximum absolute atomic E-state index is 13.3. The first-order valence-corrected chi connectivity index (χ1v) is 13.0. The first-order chi connectivity index (χ1) is 17.2. The number of nitrogens with zero attached hydrogens (tertiary/aromatic N) is 1. The van der Waals surface area contributed by atoms with Crippen LogP contribution in [-0.2, 0) is 16.0 Å². The molecule has 4 rings (SSSR count). The fourth-order valence-electron chi connectivity index (χ4n) is 3.78. The fraction of sp³-hybridized carbons (Fsp3) is 0.148. The van der Waals surface area contributed by atoms with Gasteiger partial charge in [0, 0.05) is 26.0 Å². The number of imide groups is 2. The minimum atomic E-state index is -0.831. The van der Waals surface area contributed by atoms with E-state index >= 15 is 0 Å². The smallest absolute Gasteiger partial charge is 0.335 e. The van der Waals surface area contributed by atoms with E-state index in [1.165, 1.54) is 12.1 Å². The summed E-state index contributed by atoms with van der Waals surface area (Å²) < 4.78 is 7.65. The average molecular weight is 633 g/mol. The molecule has 1 fully saturated rings. The summed E-state index contributed by atoms with van der Waals surface area (Å²) in [6, 6.07) is 15.5. The van der Waals surface area contributed by atoms with Crippen LogP contribution in [0.1, 0.15) is 29.2 Å². The molecule has 1 heterocycles. The number of halogens is 3. The van der Waals surface area contributed by atoms with E-state index in [9.17, 15) is 14.4 Å². The number of aryl methyl sites for hydroxylation is 1. The summed E-state index contributed by atoms with van der Waals surface area (Å²) in [5.74, 6) is -0.891. The molecule has 0 bridgehead atoms. The number of ether oxygens (including phenoxy) is 1. The molecule has 0 unspecified atom stereocenters. The molecule has 0 atom stereocenters. The van der Waals surface area contributed by atoms with Crippen molar-refractivity contribution in [2.24, 2.45) is 0 Å². The summed E-state index contributed by atoms with van der Waals surface area (Å²) in [6.45, 7) is 4.13. The van der Waals surface area contributed by atoms with E-state index < -0.39 is 17.8 Å². The number of barbiturate groups is 1. The second-order valence-electron chi connectivity index (χ2n) is 8.07. The molecule has 36 heavy (non-hydrogen) atoms. The minimum Gasteiger partial charge on any atom is -0.494 e. The summed E-state index contributed by atoms with van der Waals surface area (Å²) in [5, 5.41) is 2.64. The maximum Gasteiger partial charge on any atom is 0.335 e. The van der Waals surface area contributed by atoms with Crippen LogP contribution in [0.4, 0.5) is 10.5 Å². The predicted octanol–water partition coefficient (Wildman–Crippen LogP) is 6.83. The number of benzene rings is 3. The Kier molecular flexibility index (Phi) is 7.97. The number of carbonyl (C=O) groups is 3. The van der Waals surface area contributed by atoms with Crippen LogP contribution in [0.15, 0.2) is 69.1 Å². The monoisotopic (exact) mass is 630 g/mol. The summed E-state index contributed by atoms with van der Waals surface area (Å²) in [4.78, 5) is 39.3. The number of carbonyl (C=O) groups excluding carboxylic acids is 3. The van der Waals surface area contributed by atoms with E-state index in [1.807, 2.05) is 44.2 Å². The Balaban J connectivity index is 1.73. The number of hydrogen-bond donors (Lipinski definition) is 1. The van der Waals surface area contributed by atoms with E-state index in [1.54, 1.807) is 18.2 Å². The van der Waals surface area contributed by atoms with Gasteiger partial charge in [0.1, 0.15) is 11.3 Å². The molecule has 0 aromatic heterocycles. The molecule has 9 heteroatoms. The van der Waals surface area contributed by atoms with Gasteiger partial charge in [-0.25, -0.2) is 9.69 Å². The van der Waals surface area contributed by atoms with Gasteiger partial charge >= 0.3 is 6.03 Å². The zero-order valence-corrected chi connectivity index (χ0v) is 23.3. The highest BCUT2D eigenvalue weighted by Crippen LogP contribution is 2.34. The number of nitrogens with one attached hydrogen (secondary N) is 1. The van der Waals surface area contributed by atoms with Crippen molar-refractivity contribution in [3.8, 4) is 5.75 Å². The first kappa shape index (κ1) is 26.1. The molecule has 0 spiro atoms. The standard InChI is InChI=1S/C27H21Br2ClN2O4/c1-3-36-24-12-16(11-22(29)19(24)13-17-6-4-5-7-21(17)28)10-20-25(33)31-27(35)32(26(20)34)18-9-8-15(2)23(30)14-18/h4-12,14H,3,13H2,1-2H3,(H,31,33,35)/b20-10+. The van der Waals surface area contributed by atoms with Gasteiger partial charge in [-0.15, -0.1) is 0 Å². The molecule has 0 aliphatic carbocycles. The zero-order chi connectivity index (χ0) is 26.0. The second kappa shape index (κ2) is 11.0. The molecule has 1 N–H and O–H groups in total. The number of anilines is 1. The Morgan fingerprint density at radius 2 is 1.78 bits per heavy atom. The second-order valence-corrected chi connectivity index (χ2v) is 10.2. The van der Waals surface area contributed by atoms with Crippen LogP contribution < -0.4 is 15.0 Å². The Morgan fingerprint density at radius 3 is 2.47 bits per heavy atom. The molecule has 1 aliphatic rings. The van der Waals surface area contributed by atoms with Gasteiger partial charge in [-0.2, -0.15) is 0 Å². The number of urea groups is 1. The van der Waals surface area contributed by atoms with Crippen molar-refractivity contribution >= 4 is 73.1 Å². The van der Waals surface area contributed by atoms with Crippen molar-refractivity contribution in [1.82, 2.24) is 5.32 Å². The van der Waals surface area contributed by atoms with Crippen LogP contribution >= 0.6 is 43.5 Å². The Labute approximate surface area is 230 Å². The van der Waals surface area contributed by atoms with Gasteiger partial charge in [0.15, 0.2) is 0 Å². The van der Waals surface area contributed by atoms with Gasteiger partial charge in [-0.1, -0.05) is 67.7 Å². The van der Waals surface area contributed by atoms with E-state index in [-0.39, 0.29) is 11.3 Å². The molecule has 1 saturated heterocycles. The number of amides is 4. The van der Waals surface area contributed by atoms with Crippen molar-refractivity contribution in [3.63, 3.8) is 0 Å². The lowest BCUT2D eigenvalue weighted by atomic mass is 10.0. The third-order valence-corrected chi connectivity index (χ3v) is 7.52. The Morgan fingerprint density at radius 1 is 1.03 bits per heavy atom. The van der Waals surface area contributed by atoms with Crippen LogP contribution in [0, 0.1) is 6.92 Å². The third-order valence-electron chi connectivity index (χ3n) is 5.63. The normalized spacial score (nSPS) is 14.9. The van der Waals surface area contributed by atoms with Crippen molar-refractivity contribution in [1.29, 1.82) is 0 Å². The number of rotatable bonds is 6. The summed E-state index contributed by atoms with van der Waals surface area (Å²) in [7, 11) is 0. The predicted molar refractivity (Wildman–Crippen MR) is 147 cm³/mol. The SMILES string of the molecule is CCOc1cc(/C=C2\C(=O)NC(=O)N(c3ccc(C)c(Cl)c3)C2=O)cc(Br)c1Cc1ccccc1Br. The highest BCUT2D eigenvalue weighted by atomic mass is 79.9. The van der Waals surface area contributed by atoms with E-state index in [4.69, 9.17) is 16.3 Å². The van der Waals surface area contributed by atoms with Crippen LogP contribution in [0.25, 0.3) is 6.08 Å². The van der Waals surface area contributed by atoms with Crippen molar-refractivity contribution in [2.75, 3.05) is 11.5 Å². The highest BCUT2D eigenvalue weighted by Gasteiger charge is 2.37. The molecular formula is C27H21Br2ClN2O4. The van der Waals surface area contributed by atoms with Gasteiger partial charge < -0.3 is 4.74 Å². The lowest BCUT2D eigenvalue weighted by Crippen LogP contribution is -2.54. The molecule has 4 amide bonds. The molecule has 0 saturated carbocycles. The molecule has 1 aliphatic heterocycles. The van der Waals surface area contributed by atoms with E-state index in [2.05, 4.69) is 37.2 Å². The van der Waals surface area contributed by atoms with E-state index in [0.717, 1.165) is 30.5 Å². The Hall–Kier alpha value is -2.94. The van der Waals surface area contributed by atoms with Crippen molar-refractivity contribution in [3.05, 3.63) is 96.4 Å². The summed E-state index contributed by atoms with van der Waals surface area (Å²) >= 11 is 13.4. The van der Waals surface area contributed by atoms with Gasteiger partial charge in [-0.3, -0.25) is 14.9 Å². The van der Waals surface area contributed by atoms with Gasteiger partial charge in [-0.05, 0) is 66.9 Å². The molecule has 0 radical (unpaired) electrons. The van der Waals surface area contributed by atoms with Crippen LogP contribution in [0.3, 0.4) is 0 Å². The largest absolute Gasteiger partial charge is 0.494 e. The highest BCUT2D eigenvalue weighted by molar-refractivity contribution is 9.10. The molecule has 3 aromatic carbocycles. The van der Waals surface area contributed by atoms with Crippen molar-refractivity contribution in [2.45, 2.75) is 20.3 Å².